The Hall–Kier alpha value is -3.87. The lowest BCUT2D eigenvalue weighted by molar-refractivity contribution is 0.0994. The van der Waals surface area contributed by atoms with Crippen LogP contribution in [0.1, 0.15) is 40.2 Å². The quantitative estimate of drug-likeness (QED) is 0.499. The molecule has 1 aromatic carbocycles. The number of rotatable bonds is 5. The van der Waals surface area contributed by atoms with Crippen LogP contribution in [0.4, 0.5) is 5.82 Å². The predicted octanol–water partition coefficient (Wildman–Crippen LogP) is 4.13. The van der Waals surface area contributed by atoms with E-state index in [1.165, 1.54) is 0 Å². The third-order valence-electron chi connectivity index (χ3n) is 5.77. The summed E-state index contributed by atoms with van der Waals surface area (Å²) in [6.45, 7) is 3.29. The molecule has 5 rings (SSSR count). The Morgan fingerprint density at radius 2 is 1.97 bits per heavy atom. The predicted molar refractivity (Wildman–Crippen MR) is 124 cm³/mol. The van der Waals surface area contributed by atoms with Gasteiger partial charge in [0.15, 0.2) is 17.4 Å². The molecule has 0 unspecified atom stereocenters. The molecular weight excluding hydrogens is 402 g/mol. The highest BCUT2D eigenvalue weighted by Crippen LogP contribution is 2.35. The Bertz CT molecular complexity index is 1300. The number of anilines is 1. The first-order valence-electron chi connectivity index (χ1n) is 10.8. The average Bonchev–Trinajstić information content (AvgIpc) is 2.96. The maximum Gasteiger partial charge on any atom is 0.265 e. The van der Waals surface area contributed by atoms with E-state index in [0.717, 1.165) is 52.9 Å². The standard InChI is InChI=1S/C25H25N5O2/c1-16-15-30-19(11-7-12-20(30)23(26)31)21(16)24-28-18-10-5-6-13-32-22(18)25(29-24)27-14-17-8-3-2-4-9-17/h2-4,7-9,11-12,15H,5-6,10,13-14H2,1H3,(H2,26,31)(H,27,28,29). The van der Waals surface area contributed by atoms with Gasteiger partial charge in [-0.15, -0.1) is 0 Å². The van der Waals surface area contributed by atoms with Gasteiger partial charge in [0.25, 0.3) is 5.91 Å². The Labute approximate surface area is 186 Å². The number of aromatic nitrogens is 3. The number of carbonyl (C=O) groups excluding carboxylic acids is 1. The maximum atomic E-state index is 11.9. The van der Waals surface area contributed by atoms with Crippen molar-refractivity contribution in [2.75, 3.05) is 11.9 Å². The van der Waals surface area contributed by atoms with Gasteiger partial charge in [-0.25, -0.2) is 9.97 Å². The minimum absolute atomic E-state index is 0.428. The summed E-state index contributed by atoms with van der Waals surface area (Å²) < 4.78 is 7.87. The van der Waals surface area contributed by atoms with Crippen LogP contribution in [0.5, 0.6) is 5.75 Å². The maximum absolute atomic E-state index is 11.9. The van der Waals surface area contributed by atoms with Crippen molar-refractivity contribution in [2.45, 2.75) is 32.7 Å². The zero-order valence-electron chi connectivity index (χ0n) is 18.0. The second kappa shape index (κ2) is 8.34. The van der Waals surface area contributed by atoms with E-state index >= 15 is 0 Å². The largest absolute Gasteiger partial charge is 0.488 e. The molecule has 0 atom stereocenters. The summed E-state index contributed by atoms with van der Waals surface area (Å²) in [6.07, 6.45) is 4.75. The average molecular weight is 428 g/mol. The molecule has 7 heteroatoms. The van der Waals surface area contributed by atoms with Gasteiger partial charge in [-0.1, -0.05) is 36.4 Å². The van der Waals surface area contributed by atoms with Crippen molar-refractivity contribution in [1.29, 1.82) is 0 Å². The first-order valence-corrected chi connectivity index (χ1v) is 10.8. The van der Waals surface area contributed by atoms with Gasteiger partial charge in [-0.3, -0.25) is 4.79 Å². The van der Waals surface area contributed by atoms with E-state index in [2.05, 4.69) is 17.4 Å². The summed E-state index contributed by atoms with van der Waals surface area (Å²) in [5.74, 6) is 1.58. The van der Waals surface area contributed by atoms with Crippen molar-refractivity contribution < 1.29 is 9.53 Å². The van der Waals surface area contributed by atoms with Gasteiger partial charge in [0.2, 0.25) is 0 Å². The molecule has 162 valence electrons. The highest BCUT2D eigenvalue weighted by Gasteiger charge is 2.22. The Balaban J connectivity index is 1.63. The van der Waals surface area contributed by atoms with Crippen LogP contribution in [-0.4, -0.2) is 26.9 Å². The number of aryl methyl sites for hydroxylation is 2. The van der Waals surface area contributed by atoms with E-state index in [1.54, 1.807) is 6.07 Å². The van der Waals surface area contributed by atoms with Crippen molar-refractivity contribution in [1.82, 2.24) is 14.4 Å². The third-order valence-corrected chi connectivity index (χ3v) is 5.77. The van der Waals surface area contributed by atoms with E-state index < -0.39 is 5.91 Å². The summed E-state index contributed by atoms with van der Waals surface area (Å²) >= 11 is 0. The fourth-order valence-electron chi connectivity index (χ4n) is 4.22. The number of nitrogens with zero attached hydrogens (tertiary/aromatic N) is 3. The number of amides is 1. The fourth-order valence-corrected chi connectivity index (χ4v) is 4.22. The molecule has 3 aromatic heterocycles. The monoisotopic (exact) mass is 427 g/mol. The highest BCUT2D eigenvalue weighted by molar-refractivity contribution is 5.94. The molecule has 0 bridgehead atoms. The van der Waals surface area contributed by atoms with Crippen LogP contribution in [0, 0.1) is 6.92 Å². The molecule has 0 spiro atoms. The Morgan fingerprint density at radius 1 is 1.12 bits per heavy atom. The Kier molecular flexibility index (Phi) is 5.23. The van der Waals surface area contributed by atoms with Crippen LogP contribution in [0.15, 0.2) is 54.7 Å². The molecule has 1 aliphatic heterocycles. The highest BCUT2D eigenvalue weighted by atomic mass is 16.5. The van der Waals surface area contributed by atoms with Crippen LogP contribution in [0.25, 0.3) is 16.9 Å². The molecule has 0 aliphatic carbocycles. The second-order valence-corrected chi connectivity index (χ2v) is 8.03. The number of fused-ring (bicyclic) bond motifs is 2. The number of hydrogen-bond donors (Lipinski definition) is 2. The minimum Gasteiger partial charge on any atom is -0.488 e. The van der Waals surface area contributed by atoms with Gasteiger partial charge in [-0.05, 0) is 49.4 Å². The van der Waals surface area contributed by atoms with Crippen LogP contribution < -0.4 is 15.8 Å². The number of pyridine rings is 1. The molecule has 0 saturated carbocycles. The van der Waals surface area contributed by atoms with E-state index in [4.69, 9.17) is 20.4 Å². The summed E-state index contributed by atoms with van der Waals surface area (Å²) in [5, 5.41) is 3.46. The number of primary amides is 1. The second-order valence-electron chi connectivity index (χ2n) is 8.03. The van der Waals surface area contributed by atoms with Crippen molar-refractivity contribution in [3.05, 3.63) is 77.2 Å². The minimum atomic E-state index is -0.474. The first kappa shape index (κ1) is 20.1. The van der Waals surface area contributed by atoms with Gasteiger partial charge < -0.3 is 20.2 Å². The number of hydrogen-bond acceptors (Lipinski definition) is 5. The van der Waals surface area contributed by atoms with Crippen LogP contribution in [0.2, 0.25) is 0 Å². The number of ether oxygens (including phenoxy) is 1. The lowest BCUT2D eigenvalue weighted by atomic mass is 10.1. The van der Waals surface area contributed by atoms with E-state index in [-0.39, 0.29) is 0 Å². The molecule has 4 heterocycles. The molecule has 0 fully saturated rings. The zero-order valence-corrected chi connectivity index (χ0v) is 18.0. The molecule has 4 aromatic rings. The lowest BCUT2D eigenvalue weighted by Crippen LogP contribution is -2.14. The van der Waals surface area contributed by atoms with Gasteiger partial charge >= 0.3 is 0 Å². The normalized spacial score (nSPS) is 13.3. The van der Waals surface area contributed by atoms with E-state index in [0.29, 0.717) is 30.5 Å². The topological polar surface area (TPSA) is 94.5 Å². The summed E-state index contributed by atoms with van der Waals surface area (Å²) in [7, 11) is 0. The molecule has 0 radical (unpaired) electrons. The molecule has 1 aliphatic rings. The van der Waals surface area contributed by atoms with Gasteiger partial charge in [0, 0.05) is 18.3 Å². The lowest BCUT2D eigenvalue weighted by Gasteiger charge is -2.15. The Morgan fingerprint density at radius 3 is 2.78 bits per heavy atom. The fraction of sp³-hybridized carbons (Fsp3) is 0.240. The number of benzene rings is 1. The van der Waals surface area contributed by atoms with Crippen LogP contribution in [-0.2, 0) is 13.0 Å². The first-order chi connectivity index (χ1) is 15.6. The SMILES string of the molecule is Cc1cn2c(C(N)=O)cccc2c1-c1nc2c(c(NCc3ccccc3)n1)OCCCC2. The van der Waals surface area contributed by atoms with Crippen molar-refractivity contribution in [3.8, 4) is 17.1 Å². The molecule has 1 amide bonds. The van der Waals surface area contributed by atoms with Crippen molar-refractivity contribution >= 4 is 17.2 Å². The van der Waals surface area contributed by atoms with E-state index in [9.17, 15) is 4.79 Å². The number of nitrogens with one attached hydrogen (secondary N) is 1. The summed E-state index contributed by atoms with van der Waals surface area (Å²) in [4.78, 5) is 21.7. The molecule has 7 nitrogen and oxygen atoms in total. The third kappa shape index (κ3) is 3.66. The van der Waals surface area contributed by atoms with E-state index in [1.807, 2.05) is 47.9 Å². The van der Waals surface area contributed by atoms with Crippen LogP contribution >= 0.6 is 0 Å². The summed E-state index contributed by atoms with van der Waals surface area (Å²) in [5.41, 5.74) is 10.8. The molecular formula is C25H25N5O2. The molecule has 32 heavy (non-hydrogen) atoms. The van der Waals surface area contributed by atoms with Gasteiger partial charge in [0.1, 0.15) is 5.69 Å². The number of nitrogens with two attached hydrogens (primary N) is 1. The van der Waals surface area contributed by atoms with Gasteiger partial charge in [0.05, 0.1) is 17.8 Å². The summed E-state index contributed by atoms with van der Waals surface area (Å²) in [6, 6.07) is 15.7. The smallest absolute Gasteiger partial charge is 0.265 e. The van der Waals surface area contributed by atoms with Crippen molar-refractivity contribution in [2.24, 2.45) is 5.73 Å². The van der Waals surface area contributed by atoms with Crippen LogP contribution in [0.3, 0.4) is 0 Å². The zero-order chi connectivity index (χ0) is 22.1. The molecule has 3 N–H and O–H groups in total. The molecule has 0 saturated heterocycles. The van der Waals surface area contributed by atoms with Gasteiger partial charge in [-0.2, -0.15) is 0 Å². The number of carbonyl (C=O) groups is 1. The van der Waals surface area contributed by atoms with Crippen molar-refractivity contribution in [3.63, 3.8) is 0 Å².